The summed E-state index contributed by atoms with van der Waals surface area (Å²) in [5, 5.41) is 8.63. The molecule has 6 nitrogen and oxygen atoms in total. The fourth-order valence-corrected chi connectivity index (χ4v) is 3.15. The van der Waals surface area contributed by atoms with Gasteiger partial charge in [0.2, 0.25) is 10.0 Å². The van der Waals surface area contributed by atoms with E-state index in [-0.39, 0.29) is 19.1 Å². The van der Waals surface area contributed by atoms with Gasteiger partial charge in [0.15, 0.2) is 0 Å². The number of ether oxygens (including phenoxy) is 1. The maximum Gasteiger partial charge on any atom is 0.303 e. The molecule has 0 saturated carbocycles. The van der Waals surface area contributed by atoms with Crippen LogP contribution in [0.5, 0.6) is 5.75 Å². The maximum atomic E-state index is 11.9. The number of carboxylic acid groups (broad SMARTS) is 1. The number of hydrogen-bond acceptors (Lipinski definition) is 4. The Morgan fingerprint density at radius 2 is 2.00 bits per heavy atom. The first-order valence-corrected chi connectivity index (χ1v) is 9.18. The molecule has 0 amide bonds. The van der Waals surface area contributed by atoms with E-state index in [9.17, 15) is 13.2 Å². The summed E-state index contributed by atoms with van der Waals surface area (Å²) in [5.41, 5.74) is 0.532. The van der Waals surface area contributed by atoms with Crippen molar-refractivity contribution in [3.8, 4) is 5.75 Å². The Labute approximate surface area is 131 Å². The van der Waals surface area contributed by atoms with Gasteiger partial charge >= 0.3 is 5.97 Å². The standard InChI is InChI=1S/C13H17NO5S.C2H6/c1-20(17,18)14-9-10(5-4-8-13(15)16)19-12-7-3-2-6-11(12)14;1-2/h2-3,6-7,10H,4-5,8-9H2,1H3,(H,15,16);1-2H3/t10-;/m0./s1. The van der Waals surface area contributed by atoms with Crippen molar-refractivity contribution < 1.29 is 23.1 Å². The quantitative estimate of drug-likeness (QED) is 0.897. The Balaban J connectivity index is 0.00000116. The Bertz CT molecular complexity index is 600. The second kappa shape index (κ2) is 8.03. The number of sulfonamides is 1. The van der Waals surface area contributed by atoms with E-state index in [2.05, 4.69) is 0 Å². The fraction of sp³-hybridized carbons (Fsp3) is 0.533. The van der Waals surface area contributed by atoms with E-state index in [1.54, 1.807) is 24.3 Å². The molecule has 1 aliphatic rings. The number of rotatable bonds is 5. The second-order valence-corrected chi connectivity index (χ2v) is 6.69. The molecule has 1 heterocycles. The van der Waals surface area contributed by atoms with Crippen molar-refractivity contribution in [1.82, 2.24) is 0 Å². The molecule has 2 rings (SSSR count). The molecule has 0 fully saturated rings. The van der Waals surface area contributed by atoms with Gasteiger partial charge in [-0.05, 0) is 25.0 Å². The molecule has 124 valence electrons. The second-order valence-electron chi connectivity index (χ2n) is 4.79. The third kappa shape index (κ3) is 4.91. The molecule has 22 heavy (non-hydrogen) atoms. The Kier molecular flexibility index (Phi) is 6.67. The van der Waals surface area contributed by atoms with E-state index < -0.39 is 16.0 Å². The molecule has 0 spiro atoms. The third-order valence-electron chi connectivity index (χ3n) is 3.11. The zero-order valence-corrected chi connectivity index (χ0v) is 14.0. The van der Waals surface area contributed by atoms with Crippen LogP contribution < -0.4 is 9.04 Å². The molecule has 1 atom stereocenters. The van der Waals surface area contributed by atoms with Crippen LogP contribution in [-0.2, 0) is 14.8 Å². The molecule has 0 saturated heterocycles. The summed E-state index contributed by atoms with van der Waals surface area (Å²) in [4.78, 5) is 10.5. The number of carbonyl (C=O) groups is 1. The molecule has 0 unspecified atom stereocenters. The van der Waals surface area contributed by atoms with Gasteiger partial charge in [0.1, 0.15) is 11.9 Å². The van der Waals surface area contributed by atoms with E-state index in [0.717, 1.165) is 6.26 Å². The third-order valence-corrected chi connectivity index (χ3v) is 4.26. The molecule has 1 aliphatic heterocycles. The first-order valence-electron chi connectivity index (χ1n) is 7.33. The van der Waals surface area contributed by atoms with Crippen molar-refractivity contribution in [3.05, 3.63) is 24.3 Å². The summed E-state index contributed by atoms with van der Waals surface area (Å²) < 4.78 is 30.8. The number of fused-ring (bicyclic) bond motifs is 1. The smallest absolute Gasteiger partial charge is 0.303 e. The topological polar surface area (TPSA) is 83.9 Å². The largest absolute Gasteiger partial charge is 0.486 e. The Morgan fingerprint density at radius 3 is 2.59 bits per heavy atom. The molecule has 0 radical (unpaired) electrons. The summed E-state index contributed by atoms with van der Waals surface area (Å²) in [7, 11) is -3.38. The van der Waals surface area contributed by atoms with Crippen LogP contribution >= 0.6 is 0 Å². The molecular weight excluding hydrogens is 306 g/mol. The zero-order chi connectivity index (χ0) is 16.8. The molecule has 0 aliphatic carbocycles. The SMILES string of the molecule is CC.CS(=O)(=O)N1C[C@H](CCCC(=O)O)Oc2ccccc21. The van der Waals surface area contributed by atoms with E-state index in [1.807, 2.05) is 13.8 Å². The monoisotopic (exact) mass is 329 g/mol. The lowest BCUT2D eigenvalue weighted by atomic mass is 10.1. The zero-order valence-electron chi connectivity index (χ0n) is 13.2. The molecule has 1 aromatic carbocycles. The molecule has 1 N–H and O–H groups in total. The van der Waals surface area contributed by atoms with Gasteiger partial charge in [-0.1, -0.05) is 26.0 Å². The highest BCUT2D eigenvalue weighted by Crippen LogP contribution is 2.35. The van der Waals surface area contributed by atoms with Gasteiger partial charge < -0.3 is 9.84 Å². The van der Waals surface area contributed by atoms with E-state index in [1.165, 1.54) is 4.31 Å². The van der Waals surface area contributed by atoms with Crippen LogP contribution in [-0.4, -0.2) is 38.4 Å². The van der Waals surface area contributed by atoms with Gasteiger partial charge in [-0.3, -0.25) is 9.10 Å². The highest BCUT2D eigenvalue weighted by molar-refractivity contribution is 7.92. The van der Waals surface area contributed by atoms with Crippen LogP contribution in [0.25, 0.3) is 0 Å². The van der Waals surface area contributed by atoms with Crippen LogP contribution in [0, 0.1) is 0 Å². The predicted molar refractivity (Wildman–Crippen MR) is 85.9 cm³/mol. The van der Waals surface area contributed by atoms with E-state index in [0.29, 0.717) is 24.3 Å². The fourth-order valence-electron chi connectivity index (χ4n) is 2.21. The van der Waals surface area contributed by atoms with Gasteiger partial charge in [-0.15, -0.1) is 0 Å². The molecule has 1 aromatic rings. The van der Waals surface area contributed by atoms with Crippen molar-refractivity contribution in [3.63, 3.8) is 0 Å². The van der Waals surface area contributed by atoms with Crippen molar-refractivity contribution in [2.45, 2.75) is 39.2 Å². The van der Waals surface area contributed by atoms with Gasteiger partial charge in [0.25, 0.3) is 0 Å². The first kappa shape index (κ1) is 18.3. The van der Waals surface area contributed by atoms with Crippen molar-refractivity contribution in [2.75, 3.05) is 17.1 Å². The number of anilines is 1. The maximum absolute atomic E-state index is 11.9. The number of benzene rings is 1. The van der Waals surface area contributed by atoms with Crippen LogP contribution in [0.1, 0.15) is 33.1 Å². The molecule has 0 aromatic heterocycles. The summed E-state index contributed by atoms with van der Waals surface area (Å²) in [6, 6.07) is 6.95. The Hall–Kier alpha value is -1.76. The average molecular weight is 329 g/mol. The molecule has 7 heteroatoms. The van der Waals surface area contributed by atoms with Gasteiger partial charge in [0, 0.05) is 6.42 Å². The van der Waals surface area contributed by atoms with E-state index >= 15 is 0 Å². The molecule has 0 bridgehead atoms. The van der Waals surface area contributed by atoms with Crippen LogP contribution in [0.4, 0.5) is 5.69 Å². The number of carboxylic acids is 1. The lowest BCUT2D eigenvalue weighted by Gasteiger charge is -2.34. The van der Waals surface area contributed by atoms with Gasteiger partial charge in [-0.25, -0.2) is 8.42 Å². The van der Waals surface area contributed by atoms with Crippen LogP contribution in [0.3, 0.4) is 0 Å². The van der Waals surface area contributed by atoms with E-state index in [4.69, 9.17) is 9.84 Å². The Morgan fingerprint density at radius 1 is 1.36 bits per heavy atom. The minimum absolute atomic E-state index is 0.0559. The van der Waals surface area contributed by atoms with Gasteiger partial charge in [-0.2, -0.15) is 0 Å². The van der Waals surface area contributed by atoms with Gasteiger partial charge in [0.05, 0.1) is 18.5 Å². The number of para-hydroxylation sites is 2. The number of aliphatic carboxylic acids is 1. The predicted octanol–water partition coefficient (Wildman–Crippen LogP) is 2.49. The minimum Gasteiger partial charge on any atom is -0.486 e. The minimum atomic E-state index is -3.38. The normalized spacial score (nSPS) is 16.9. The number of nitrogens with zero attached hydrogens (tertiary/aromatic N) is 1. The van der Waals surface area contributed by atoms with Crippen molar-refractivity contribution in [1.29, 1.82) is 0 Å². The average Bonchev–Trinajstić information content (AvgIpc) is 2.47. The van der Waals surface area contributed by atoms with Crippen molar-refractivity contribution in [2.24, 2.45) is 0 Å². The molecular formula is C15H23NO5S. The van der Waals surface area contributed by atoms with Crippen LogP contribution in [0.2, 0.25) is 0 Å². The van der Waals surface area contributed by atoms with Crippen molar-refractivity contribution >= 4 is 21.7 Å². The summed E-state index contributed by atoms with van der Waals surface area (Å²) in [6.45, 7) is 4.22. The summed E-state index contributed by atoms with van der Waals surface area (Å²) in [6.07, 6.45) is 1.86. The van der Waals surface area contributed by atoms with Crippen LogP contribution in [0.15, 0.2) is 24.3 Å². The first-order chi connectivity index (χ1) is 10.4. The number of hydrogen-bond donors (Lipinski definition) is 1. The lowest BCUT2D eigenvalue weighted by molar-refractivity contribution is -0.137. The summed E-state index contributed by atoms with van der Waals surface area (Å²) >= 11 is 0. The highest BCUT2D eigenvalue weighted by atomic mass is 32.2. The highest BCUT2D eigenvalue weighted by Gasteiger charge is 2.30. The lowest BCUT2D eigenvalue weighted by Crippen LogP contribution is -2.43. The summed E-state index contributed by atoms with van der Waals surface area (Å²) in [5.74, 6) is -0.342.